The van der Waals surface area contributed by atoms with Gasteiger partial charge in [-0.25, -0.2) is 9.36 Å². The Hall–Kier alpha value is -2.41. The largest absolute Gasteiger partial charge is 0.595 e. The molecule has 1 unspecified atom stereocenters. The van der Waals surface area contributed by atoms with Crippen LogP contribution in [0, 0.1) is 11.5 Å². The Kier molecular flexibility index (Phi) is 3.38. The minimum absolute atomic E-state index is 0.620. The predicted molar refractivity (Wildman–Crippen MR) is 45.9 cm³/mol. The van der Waals surface area contributed by atoms with E-state index in [0.29, 0.717) is 0 Å². The topological polar surface area (TPSA) is 174 Å². The fraction of sp³-hybridized carbons (Fsp3) is 0. The number of phosphoric ester groups is 1. The van der Waals surface area contributed by atoms with Crippen molar-refractivity contribution in [3.63, 3.8) is 0 Å². The minimum atomic E-state index is -5.10. The Balaban J connectivity index is 3.22. The molecule has 0 fully saturated rings. The van der Waals surface area contributed by atoms with Gasteiger partial charge < -0.3 is 14.2 Å². The van der Waals surface area contributed by atoms with E-state index in [1.165, 1.54) is 0 Å². The third-order valence-electron chi connectivity index (χ3n) is 1.60. The van der Waals surface area contributed by atoms with Crippen LogP contribution >= 0.6 is 7.82 Å². The van der Waals surface area contributed by atoms with Crippen LogP contribution in [-0.4, -0.2) is 38.1 Å². The van der Waals surface area contributed by atoms with Crippen LogP contribution < -0.4 is 0 Å². The van der Waals surface area contributed by atoms with Crippen LogP contribution in [0.5, 0.6) is 0 Å². The molecular formula is C6H3N2O9P. The molecule has 0 saturated carbocycles. The van der Waals surface area contributed by atoms with Crippen molar-refractivity contribution < 1.29 is 43.2 Å². The Morgan fingerprint density at radius 2 is 1.94 bits per heavy atom. The van der Waals surface area contributed by atoms with Crippen LogP contribution in [0.15, 0.2) is 11.3 Å². The number of carboxylic acid groups (broad SMARTS) is 1. The second kappa shape index (κ2) is 4.46. The van der Waals surface area contributed by atoms with E-state index in [9.17, 15) is 18.9 Å². The van der Waals surface area contributed by atoms with Crippen molar-refractivity contribution in [1.29, 1.82) is 5.26 Å². The van der Waals surface area contributed by atoms with E-state index in [2.05, 4.69) is 9.05 Å². The third-order valence-corrected chi connectivity index (χ3v) is 2.32. The molecule has 0 aliphatic carbocycles. The highest BCUT2D eigenvalue weighted by atomic mass is 31.2. The second-order valence-corrected chi connectivity index (χ2v) is 3.98. The molecule has 1 atom stereocenters. The van der Waals surface area contributed by atoms with Crippen molar-refractivity contribution >= 4 is 25.6 Å². The standard InChI is InChI=1S/C6H3N2O9P/c7-1-16-18(14,15)17-3-2(6(11)12)4(9)8(13)5(3)10/h13H,(H,11,12)(H,14,15). The third kappa shape index (κ3) is 2.30. The average molecular weight is 278 g/mol. The van der Waals surface area contributed by atoms with Gasteiger partial charge >= 0.3 is 19.7 Å². The molecule has 0 spiro atoms. The number of carbonyl (C=O) groups excluding carboxylic acids is 2. The first kappa shape index (κ1) is 13.7. The monoisotopic (exact) mass is 278 g/mol. The van der Waals surface area contributed by atoms with Gasteiger partial charge in [0, 0.05) is 0 Å². The summed E-state index contributed by atoms with van der Waals surface area (Å²) in [4.78, 5) is 41.7. The molecule has 1 aliphatic rings. The molecule has 1 rings (SSSR count). The Morgan fingerprint density at radius 1 is 1.39 bits per heavy atom. The van der Waals surface area contributed by atoms with Crippen LogP contribution in [0.1, 0.15) is 0 Å². The highest BCUT2D eigenvalue weighted by Gasteiger charge is 2.46. The average Bonchev–Trinajstić information content (AvgIpc) is 2.43. The van der Waals surface area contributed by atoms with Crippen molar-refractivity contribution in [1.82, 2.24) is 5.06 Å². The van der Waals surface area contributed by atoms with Gasteiger partial charge in [0.15, 0.2) is 5.57 Å². The predicted octanol–water partition coefficient (Wildman–Crippen LogP) is -1.30. The summed E-state index contributed by atoms with van der Waals surface area (Å²) in [7, 11) is -5.10. The maximum absolute atomic E-state index is 11.2. The zero-order chi connectivity index (χ0) is 14.1. The molecule has 0 saturated heterocycles. The number of hydroxylamine groups is 2. The summed E-state index contributed by atoms with van der Waals surface area (Å²) in [6.07, 6.45) is 0.783. The van der Waals surface area contributed by atoms with Crippen molar-refractivity contribution in [2.24, 2.45) is 0 Å². The van der Waals surface area contributed by atoms with Crippen LogP contribution in [0.2, 0.25) is 0 Å². The summed E-state index contributed by atoms with van der Waals surface area (Å²) in [6, 6.07) is 0. The minimum Gasteiger partial charge on any atom is -0.477 e. The summed E-state index contributed by atoms with van der Waals surface area (Å²) in [5, 5.41) is 24.8. The van der Waals surface area contributed by atoms with Crippen molar-refractivity contribution in [2.45, 2.75) is 0 Å². The number of aliphatic carboxylic acids is 1. The number of imide groups is 1. The van der Waals surface area contributed by atoms with Crippen LogP contribution in [0.25, 0.3) is 0 Å². The normalized spacial score (nSPS) is 18.4. The summed E-state index contributed by atoms with van der Waals surface area (Å²) in [5.41, 5.74) is -1.36. The SMILES string of the molecule is N#COP(=O)(O)OC1=C(C(=O)O)C(=O)N(O)C1=O. The van der Waals surface area contributed by atoms with Crippen molar-refractivity contribution in [3.05, 3.63) is 11.3 Å². The number of carbonyl (C=O) groups is 3. The first-order valence-electron chi connectivity index (χ1n) is 3.86. The number of nitrogens with zero attached hydrogens (tertiary/aromatic N) is 2. The molecule has 18 heavy (non-hydrogen) atoms. The van der Waals surface area contributed by atoms with E-state index in [1.807, 2.05) is 0 Å². The fourth-order valence-corrected chi connectivity index (χ4v) is 1.50. The lowest BCUT2D eigenvalue weighted by molar-refractivity contribution is -0.171. The van der Waals surface area contributed by atoms with Crippen LogP contribution in [0.4, 0.5) is 0 Å². The lowest BCUT2D eigenvalue weighted by atomic mass is 10.2. The molecule has 0 radical (unpaired) electrons. The summed E-state index contributed by atoms with van der Waals surface area (Å²) in [6.45, 7) is 0. The highest BCUT2D eigenvalue weighted by molar-refractivity contribution is 7.47. The van der Waals surface area contributed by atoms with Crippen molar-refractivity contribution in [2.75, 3.05) is 0 Å². The maximum atomic E-state index is 11.2. The maximum Gasteiger partial charge on any atom is 0.595 e. The van der Waals surface area contributed by atoms with Crippen molar-refractivity contribution in [3.8, 4) is 6.26 Å². The van der Waals surface area contributed by atoms with Crippen LogP contribution in [0.3, 0.4) is 0 Å². The van der Waals surface area contributed by atoms with Gasteiger partial charge in [-0.1, -0.05) is 0 Å². The Labute approximate surface area is 97.6 Å². The number of nitriles is 1. The van der Waals surface area contributed by atoms with Gasteiger partial charge in [0.25, 0.3) is 12.2 Å². The van der Waals surface area contributed by atoms with Gasteiger partial charge in [-0.05, 0) is 0 Å². The van der Waals surface area contributed by atoms with Gasteiger partial charge in [-0.15, -0.1) is 10.3 Å². The quantitative estimate of drug-likeness (QED) is 0.184. The van der Waals surface area contributed by atoms with E-state index in [4.69, 9.17) is 20.5 Å². The Bertz CT molecular complexity index is 558. The van der Waals surface area contributed by atoms with Gasteiger partial charge in [0.2, 0.25) is 5.76 Å². The van der Waals surface area contributed by atoms with Gasteiger partial charge in [0.1, 0.15) is 0 Å². The zero-order valence-electron chi connectivity index (χ0n) is 8.13. The summed E-state index contributed by atoms with van der Waals surface area (Å²) in [5.74, 6) is -6.71. The smallest absolute Gasteiger partial charge is 0.477 e. The van der Waals surface area contributed by atoms with E-state index in [-0.39, 0.29) is 0 Å². The van der Waals surface area contributed by atoms with E-state index >= 15 is 0 Å². The number of phosphoric acid groups is 1. The number of amides is 2. The molecule has 0 bridgehead atoms. The zero-order valence-corrected chi connectivity index (χ0v) is 9.03. The molecule has 12 heteroatoms. The Morgan fingerprint density at radius 3 is 2.39 bits per heavy atom. The molecule has 1 heterocycles. The molecule has 2 amide bonds. The second-order valence-electron chi connectivity index (χ2n) is 2.67. The molecule has 0 aromatic carbocycles. The van der Waals surface area contributed by atoms with Gasteiger partial charge in [-0.2, -0.15) is 0 Å². The molecule has 0 aromatic heterocycles. The summed E-state index contributed by atoms with van der Waals surface area (Å²) >= 11 is 0. The first-order chi connectivity index (χ1) is 8.21. The first-order valence-corrected chi connectivity index (χ1v) is 5.36. The highest BCUT2D eigenvalue weighted by Crippen LogP contribution is 2.46. The van der Waals surface area contributed by atoms with E-state index < -0.39 is 42.0 Å². The fourth-order valence-electron chi connectivity index (χ4n) is 0.957. The van der Waals surface area contributed by atoms with E-state index in [1.54, 1.807) is 0 Å². The van der Waals surface area contributed by atoms with E-state index in [0.717, 1.165) is 6.26 Å². The number of hydrogen-bond acceptors (Lipinski definition) is 8. The molecule has 3 N–H and O–H groups in total. The lowest BCUT2D eigenvalue weighted by Crippen LogP contribution is -2.29. The summed E-state index contributed by atoms with van der Waals surface area (Å²) < 4.78 is 18.5. The number of hydrogen-bond donors (Lipinski definition) is 3. The van der Waals surface area contributed by atoms with Gasteiger partial charge in [-0.3, -0.25) is 19.7 Å². The molecule has 96 valence electrons. The number of carboxylic acids is 1. The van der Waals surface area contributed by atoms with Gasteiger partial charge in [0.05, 0.1) is 0 Å². The van der Waals surface area contributed by atoms with Crippen LogP contribution in [-0.2, 0) is 28.0 Å². The lowest BCUT2D eigenvalue weighted by Gasteiger charge is -2.08. The molecule has 0 aromatic rings. The number of rotatable bonds is 4. The molecular weight excluding hydrogens is 275 g/mol. The molecule has 1 aliphatic heterocycles. The molecule has 11 nitrogen and oxygen atoms in total.